The van der Waals surface area contributed by atoms with Crippen LogP contribution in [0.4, 0.5) is 0 Å². The lowest BCUT2D eigenvalue weighted by Crippen LogP contribution is -2.21. The minimum Gasteiger partial charge on any atom is -0.311 e. The van der Waals surface area contributed by atoms with Gasteiger partial charge >= 0.3 is 0 Å². The van der Waals surface area contributed by atoms with Gasteiger partial charge in [0.05, 0.1) is 0 Å². The van der Waals surface area contributed by atoms with Gasteiger partial charge in [0.1, 0.15) is 0 Å². The number of nitrogens with one attached hydrogen (secondary N) is 1. The minimum atomic E-state index is 0.717. The lowest BCUT2D eigenvalue weighted by atomic mass is 10.3. The molecule has 0 radical (unpaired) electrons. The van der Waals surface area contributed by atoms with Gasteiger partial charge in [0.25, 0.3) is 0 Å². The number of fused-ring (bicyclic) bond motifs is 1. The van der Waals surface area contributed by atoms with Crippen LogP contribution in [0.5, 0.6) is 0 Å². The van der Waals surface area contributed by atoms with Crippen molar-refractivity contribution < 1.29 is 0 Å². The molecule has 2 saturated carbocycles. The molecule has 0 amide bonds. The lowest BCUT2D eigenvalue weighted by Gasteiger charge is -1.99. The standard InChI is InChI=1S/C6H11N/c1-2-7-6-3-5(6)4-6/h5,7H,2-4H2,1H3. The molecule has 2 fully saturated rings. The monoisotopic (exact) mass is 97.1 g/mol. The molecule has 7 heavy (non-hydrogen) atoms. The summed E-state index contributed by atoms with van der Waals surface area (Å²) >= 11 is 0. The molecule has 0 aromatic rings. The van der Waals surface area contributed by atoms with Gasteiger partial charge in [-0.2, -0.15) is 0 Å². The van der Waals surface area contributed by atoms with Gasteiger partial charge in [-0.25, -0.2) is 0 Å². The van der Waals surface area contributed by atoms with Gasteiger partial charge in [0, 0.05) is 5.54 Å². The van der Waals surface area contributed by atoms with Gasteiger partial charge in [0.2, 0.25) is 0 Å². The molecule has 0 spiro atoms. The maximum Gasteiger partial charge on any atom is 0.0217 e. The van der Waals surface area contributed by atoms with Crippen LogP contribution < -0.4 is 5.32 Å². The molecule has 2 rings (SSSR count). The Kier molecular flexibility index (Phi) is 0.487. The summed E-state index contributed by atoms with van der Waals surface area (Å²) < 4.78 is 0. The van der Waals surface area contributed by atoms with Gasteiger partial charge < -0.3 is 5.32 Å². The van der Waals surface area contributed by atoms with Crippen molar-refractivity contribution in [1.82, 2.24) is 5.32 Å². The van der Waals surface area contributed by atoms with E-state index in [1.54, 1.807) is 0 Å². The second-order valence-electron chi connectivity index (χ2n) is 2.79. The molecule has 40 valence electrons. The summed E-state index contributed by atoms with van der Waals surface area (Å²) in [5, 5.41) is 3.47. The first-order valence-corrected chi connectivity index (χ1v) is 3.12. The fourth-order valence-corrected chi connectivity index (χ4v) is 1.34. The molecule has 0 heterocycles. The number of rotatable bonds is 2. The van der Waals surface area contributed by atoms with Crippen molar-refractivity contribution in [2.24, 2.45) is 5.92 Å². The van der Waals surface area contributed by atoms with Crippen molar-refractivity contribution >= 4 is 0 Å². The topological polar surface area (TPSA) is 12.0 Å². The zero-order valence-corrected chi connectivity index (χ0v) is 4.70. The Morgan fingerprint density at radius 1 is 1.71 bits per heavy atom. The molecule has 0 bridgehead atoms. The maximum absolute atomic E-state index is 3.47. The molecular weight excluding hydrogens is 86.1 g/mol. The zero-order valence-electron chi connectivity index (χ0n) is 4.70. The Labute approximate surface area is 44.1 Å². The van der Waals surface area contributed by atoms with Crippen LogP contribution in [0.25, 0.3) is 0 Å². The number of hydrogen-bond acceptors (Lipinski definition) is 1. The first-order valence-electron chi connectivity index (χ1n) is 3.12. The summed E-state index contributed by atoms with van der Waals surface area (Å²) in [5.41, 5.74) is 0.717. The van der Waals surface area contributed by atoms with Gasteiger partial charge in [-0.05, 0) is 25.3 Å². The predicted molar refractivity (Wildman–Crippen MR) is 29.1 cm³/mol. The van der Waals surface area contributed by atoms with Crippen molar-refractivity contribution in [3.8, 4) is 0 Å². The van der Waals surface area contributed by atoms with E-state index in [9.17, 15) is 0 Å². The van der Waals surface area contributed by atoms with Crippen LogP contribution in [-0.2, 0) is 0 Å². The molecule has 0 aromatic carbocycles. The van der Waals surface area contributed by atoms with Crippen molar-refractivity contribution in [3.05, 3.63) is 0 Å². The van der Waals surface area contributed by atoms with Crippen molar-refractivity contribution in [1.29, 1.82) is 0 Å². The highest BCUT2D eigenvalue weighted by Crippen LogP contribution is 2.66. The minimum absolute atomic E-state index is 0.717. The van der Waals surface area contributed by atoms with Crippen molar-refractivity contribution in [2.75, 3.05) is 6.54 Å². The molecule has 0 aromatic heterocycles. The van der Waals surface area contributed by atoms with Gasteiger partial charge in [-0.15, -0.1) is 0 Å². The maximum atomic E-state index is 3.47. The van der Waals surface area contributed by atoms with E-state index in [-0.39, 0.29) is 0 Å². The second kappa shape index (κ2) is 0.873. The summed E-state index contributed by atoms with van der Waals surface area (Å²) in [6.45, 7) is 3.35. The van der Waals surface area contributed by atoms with Crippen molar-refractivity contribution in [2.45, 2.75) is 25.3 Å². The average Bonchev–Trinajstić information content (AvgIpc) is 2.22. The average molecular weight is 97.2 g/mol. The van der Waals surface area contributed by atoms with E-state index in [4.69, 9.17) is 0 Å². The quantitative estimate of drug-likeness (QED) is 0.536. The smallest absolute Gasteiger partial charge is 0.0217 e. The summed E-state index contributed by atoms with van der Waals surface area (Å²) in [4.78, 5) is 0. The molecule has 0 atom stereocenters. The van der Waals surface area contributed by atoms with Crippen LogP contribution >= 0.6 is 0 Å². The third-order valence-corrected chi connectivity index (χ3v) is 2.21. The van der Waals surface area contributed by atoms with Gasteiger partial charge in [0.15, 0.2) is 0 Å². The first-order chi connectivity index (χ1) is 3.37. The van der Waals surface area contributed by atoms with E-state index < -0.39 is 0 Å². The molecule has 0 unspecified atom stereocenters. The molecule has 0 aliphatic heterocycles. The molecule has 1 N–H and O–H groups in total. The summed E-state index contributed by atoms with van der Waals surface area (Å²) in [5.74, 6) is 1.10. The molecular formula is C6H11N. The highest BCUT2D eigenvalue weighted by molar-refractivity contribution is 5.26. The van der Waals surface area contributed by atoms with E-state index in [2.05, 4.69) is 12.2 Å². The second-order valence-corrected chi connectivity index (χ2v) is 2.79. The largest absolute Gasteiger partial charge is 0.311 e. The Hall–Kier alpha value is -0.0400. The zero-order chi connectivity index (χ0) is 4.91. The van der Waals surface area contributed by atoms with Crippen LogP contribution in [0.3, 0.4) is 0 Å². The van der Waals surface area contributed by atoms with Crippen LogP contribution in [-0.4, -0.2) is 12.1 Å². The third-order valence-electron chi connectivity index (χ3n) is 2.21. The van der Waals surface area contributed by atoms with Crippen LogP contribution in [0.2, 0.25) is 0 Å². The van der Waals surface area contributed by atoms with E-state index >= 15 is 0 Å². The molecule has 1 nitrogen and oxygen atoms in total. The molecule has 2 aliphatic rings. The summed E-state index contributed by atoms with van der Waals surface area (Å²) in [7, 11) is 0. The molecule has 1 heteroatoms. The lowest BCUT2D eigenvalue weighted by molar-refractivity contribution is 0.611. The van der Waals surface area contributed by atoms with E-state index in [0.717, 1.165) is 18.0 Å². The molecule has 0 saturated heterocycles. The fourth-order valence-electron chi connectivity index (χ4n) is 1.34. The number of hydrogen-bond donors (Lipinski definition) is 1. The highest BCUT2D eigenvalue weighted by atomic mass is 15.1. The fraction of sp³-hybridized carbons (Fsp3) is 1.00. The van der Waals surface area contributed by atoms with Crippen LogP contribution in [0, 0.1) is 5.92 Å². The van der Waals surface area contributed by atoms with Gasteiger partial charge in [-0.3, -0.25) is 0 Å². The Balaban J connectivity index is 1.87. The SMILES string of the molecule is CCNC12CC1C2. The predicted octanol–water partition coefficient (Wildman–Crippen LogP) is 0.758. The van der Waals surface area contributed by atoms with Crippen LogP contribution in [0.15, 0.2) is 0 Å². The molecule has 2 aliphatic carbocycles. The highest BCUT2D eigenvalue weighted by Gasteiger charge is 2.68. The summed E-state index contributed by atoms with van der Waals surface area (Å²) in [6.07, 6.45) is 2.95. The van der Waals surface area contributed by atoms with E-state index in [1.165, 1.54) is 12.8 Å². The normalized spacial score (nSPS) is 53.6. The Bertz CT molecular complexity index is 92.4. The van der Waals surface area contributed by atoms with E-state index in [1.807, 2.05) is 0 Å². The van der Waals surface area contributed by atoms with E-state index in [0.29, 0.717) is 0 Å². The third kappa shape index (κ3) is 0.367. The Morgan fingerprint density at radius 3 is 2.43 bits per heavy atom. The van der Waals surface area contributed by atoms with Crippen LogP contribution in [0.1, 0.15) is 19.8 Å². The van der Waals surface area contributed by atoms with Gasteiger partial charge in [-0.1, -0.05) is 6.92 Å². The Morgan fingerprint density at radius 2 is 2.29 bits per heavy atom. The van der Waals surface area contributed by atoms with Crippen molar-refractivity contribution in [3.63, 3.8) is 0 Å². The summed E-state index contributed by atoms with van der Waals surface area (Å²) in [6, 6.07) is 0. The first kappa shape index (κ1) is 3.90.